The van der Waals surface area contributed by atoms with Crippen molar-refractivity contribution >= 4 is 51.7 Å². The molecule has 1 aliphatic heterocycles. The Morgan fingerprint density at radius 1 is 1.07 bits per heavy atom. The molecule has 3 rings (SSSR count). The van der Waals surface area contributed by atoms with Gasteiger partial charge in [0, 0.05) is 30.4 Å². The third-order valence-corrected chi connectivity index (χ3v) is 6.06. The molecule has 2 aromatic rings. The maximum absolute atomic E-state index is 13.0. The van der Waals surface area contributed by atoms with Crippen molar-refractivity contribution in [2.75, 3.05) is 37.1 Å². The van der Waals surface area contributed by atoms with E-state index in [9.17, 15) is 4.79 Å². The zero-order valence-corrected chi connectivity index (χ0v) is 18.6. The number of anilines is 2. The van der Waals surface area contributed by atoms with Crippen LogP contribution in [0, 0.1) is 0 Å². The molecule has 0 aromatic heterocycles. The number of carbonyl (C=O) groups is 1. The average Bonchev–Trinajstić information content (AvgIpc) is 3.02. The number of nitrogens with zero attached hydrogens (tertiary/aromatic N) is 2. The molecule has 0 atom stereocenters. The van der Waals surface area contributed by atoms with Crippen LogP contribution in [-0.4, -0.2) is 37.5 Å². The SMILES string of the molecule is CCN(CC)c1ccc(N2C(=O)C(=Cc3ccc(OC)cc3OC)SC2=S)cc1. The lowest BCUT2D eigenvalue weighted by molar-refractivity contribution is -0.113. The van der Waals surface area contributed by atoms with Gasteiger partial charge in [0.15, 0.2) is 4.32 Å². The molecular weight excluding hydrogens is 404 g/mol. The van der Waals surface area contributed by atoms with Crippen molar-refractivity contribution in [2.45, 2.75) is 13.8 Å². The summed E-state index contributed by atoms with van der Waals surface area (Å²) in [4.78, 5) is 17.4. The van der Waals surface area contributed by atoms with Crippen molar-refractivity contribution in [2.24, 2.45) is 0 Å². The molecule has 1 fully saturated rings. The van der Waals surface area contributed by atoms with Gasteiger partial charge in [-0.15, -0.1) is 0 Å². The number of benzene rings is 2. The zero-order valence-electron chi connectivity index (χ0n) is 17.0. The van der Waals surface area contributed by atoms with E-state index in [0.717, 1.165) is 30.0 Å². The van der Waals surface area contributed by atoms with Crippen molar-refractivity contribution in [1.82, 2.24) is 0 Å². The van der Waals surface area contributed by atoms with E-state index < -0.39 is 0 Å². The van der Waals surface area contributed by atoms with E-state index in [0.29, 0.717) is 20.7 Å². The molecule has 2 aromatic carbocycles. The summed E-state index contributed by atoms with van der Waals surface area (Å²) in [7, 11) is 3.19. The summed E-state index contributed by atoms with van der Waals surface area (Å²) < 4.78 is 11.2. The van der Waals surface area contributed by atoms with Crippen LogP contribution in [0.1, 0.15) is 19.4 Å². The van der Waals surface area contributed by atoms with Gasteiger partial charge < -0.3 is 14.4 Å². The molecule has 1 aliphatic rings. The van der Waals surface area contributed by atoms with Gasteiger partial charge in [0.1, 0.15) is 11.5 Å². The van der Waals surface area contributed by atoms with Crippen LogP contribution >= 0.6 is 24.0 Å². The molecule has 0 unspecified atom stereocenters. The first-order valence-corrected chi connectivity index (χ1v) is 10.6. The first kappa shape index (κ1) is 21.2. The monoisotopic (exact) mass is 428 g/mol. The Morgan fingerprint density at radius 3 is 2.34 bits per heavy atom. The Morgan fingerprint density at radius 2 is 1.76 bits per heavy atom. The molecule has 0 bridgehead atoms. The highest BCUT2D eigenvalue weighted by Gasteiger charge is 2.33. The van der Waals surface area contributed by atoms with Crippen molar-refractivity contribution in [3.8, 4) is 11.5 Å². The highest BCUT2D eigenvalue weighted by atomic mass is 32.2. The Bertz CT molecular complexity index is 938. The highest BCUT2D eigenvalue weighted by molar-refractivity contribution is 8.27. The number of methoxy groups -OCH3 is 2. The normalized spacial score (nSPS) is 15.2. The number of ether oxygens (including phenoxy) is 2. The minimum atomic E-state index is -0.131. The third-order valence-electron chi connectivity index (χ3n) is 4.76. The minimum Gasteiger partial charge on any atom is -0.497 e. The summed E-state index contributed by atoms with van der Waals surface area (Å²) in [5.41, 5.74) is 2.70. The number of amides is 1. The number of thioether (sulfide) groups is 1. The second-order valence-electron chi connectivity index (χ2n) is 6.31. The quantitative estimate of drug-likeness (QED) is 0.459. The third kappa shape index (κ3) is 4.41. The summed E-state index contributed by atoms with van der Waals surface area (Å²) in [5, 5.41) is 0. The second-order valence-corrected chi connectivity index (χ2v) is 7.99. The fourth-order valence-electron chi connectivity index (χ4n) is 3.17. The van der Waals surface area contributed by atoms with Crippen molar-refractivity contribution < 1.29 is 14.3 Å². The zero-order chi connectivity index (χ0) is 21.0. The molecular formula is C22H24N2O3S2. The Labute approximate surface area is 181 Å². The molecule has 1 heterocycles. The standard InChI is InChI=1S/C22H24N2O3S2/c1-5-23(6-2)16-8-10-17(11-9-16)24-21(25)20(29-22(24)28)13-15-7-12-18(26-3)14-19(15)27-4/h7-14H,5-6H2,1-4H3. The highest BCUT2D eigenvalue weighted by Crippen LogP contribution is 2.38. The topological polar surface area (TPSA) is 42.0 Å². The maximum Gasteiger partial charge on any atom is 0.270 e. The van der Waals surface area contributed by atoms with Crippen LogP contribution in [0.4, 0.5) is 11.4 Å². The van der Waals surface area contributed by atoms with Crippen LogP contribution in [0.25, 0.3) is 6.08 Å². The van der Waals surface area contributed by atoms with Crippen LogP contribution in [0.15, 0.2) is 47.4 Å². The smallest absolute Gasteiger partial charge is 0.270 e. The van der Waals surface area contributed by atoms with E-state index in [4.69, 9.17) is 21.7 Å². The van der Waals surface area contributed by atoms with E-state index in [1.165, 1.54) is 11.8 Å². The number of carbonyl (C=O) groups excluding carboxylic acids is 1. The van der Waals surface area contributed by atoms with Gasteiger partial charge in [-0.1, -0.05) is 24.0 Å². The fourth-order valence-corrected chi connectivity index (χ4v) is 4.46. The van der Waals surface area contributed by atoms with Gasteiger partial charge in [0.2, 0.25) is 0 Å². The Kier molecular flexibility index (Phi) is 6.82. The summed E-state index contributed by atoms with van der Waals surface area (Å²) in [6.45, 7) is 6.11. The largest absolute Gasteiger partial charge is 0.497 e. The van der Waals surface area contributed by atoms with E-state index in [-0.39, 0.29) is 5.91 Å². The predicted octanol–water partition coefficient (Wildman–Crippen LogP) is 4.96. The average molecular weight is 429 g/mol. The van der Waals surface area contributed by atoms with Crippen molar-refractivity contribution in [3.05, 3.63) is 52.9 Å². The summed E-state index contributed by atoms with van der Waals surface area (Å²) in [6, 6.07) is 13.4. The molecule has 0 spiro atoms. The predicted molar refractivity (Wildman–Crippen MR) is 125 cm³/mol. The van der Waals surface area contributed by atoms with Crippen LogP contribution in [0.5, 0.6) is 11.5 Å². The van der Waals surface area contributed by atoms with E-state index >= 15 is 0 Å². The molecule has 7 heteroatoms. The molecule has 0 saturated carbocycles. The van der Waals surface area contributed by atoms with Gasteiger partial charge in [-0.25, -0.2) is 0 Å². The summed E-state index contributed by atoms with van der Waals surface area (Å²) in [6.07, 6.45) is 1.81. The molecule has 5 nitrogen and oxygen atoms in total. The molecule has 0 aliphatic carbocycles. The first-order chi connectivity index (χ1) is 14.0. The van der Waals surface area contributed by atoms with E-state index in [1.54, 1.807) is 25.2 Å². The Balaban J connectivity index is 1.87. The summed E-state index contributed by atoms with van der Waals surface area (Å²) in [5.74, 6) is 1.20. The van der Waals surface area contributed by atoms with Crippen LogP contribution in [-0.2, 0) is 4.79 Å². The van der Waals surface area contributed by atoms with Gasteiger partial charge in [-0.05, 0) is 56.3 Å². The molecule has 29 heavy (non-hydrogen) atoms. The second kappa shape index (κ2) is 9.33. The van der Waals surface area contributed by atoms with Crippen LogP contribution in [0.2, 0.25) is 0 Å². The lowest BCUT2D eigenvalue weighted by atomic mass is 10.1. The van der Waals surface area contributed by atoms with Crippen molar-refractivity contribution in [1.29, 1.82) is 0 Å². The molecule has 0 radical (unpaired) electrons. The van der Waals surface area contributed by atoms with Gasteiger partial charge in [-0.2, -0.15) is 0 Å². The first-order valence-electron chi connectivity index (χ1n) is 9.37. The van der Waals surface area contributed by atoms with Gasteiger partial charge in [-0.3, -0.25) is 9.69 Å². The maximum atomic E-state index is 13.0. The number of hydrogen-bond donors (Lipinski definition) is 0. The summed E-state index contributed by atoms with van der Waals surface area (Å²) >= 11 is 6.78. The fraction of sp³-hybridized carbons (Fsp3) is 0.273. The van der Waals surface area contributed by atoms with E-state index in [2.05, 4.69) is 18.7 Å². The van der Waals surface area contributed by atoms with Gasteiger partial charge in [0.05, 0.1) is 24.8 Å². The minimum absolute atomic E-state index is 0.131. The molecule has 1 saturated heterocycles. The number of rotatable bonds is 7. The number of thiocarbonyl (C=S) groups is 1. The van der Waals surface area contributed by atoms with Gasteiger partial charge in [0.25, 0.3) is 5.91 Å². The number of hydrogen-bond acceptors (Lipinski definition) is 6. The van der Waals surface area contributed by atoms with Crippen LogP contribution in [0.3, 0.4) is 0 Å². The van der Waals surface area contributed by atoms with Crippen LogP contribution < -0.4 is 19.3 Å². The molecule has 0 N–H and O–H groups in total. The molecule has 1 amide bonds. The van der Waals surface area contributed by atoms with E-state index in [1.807, 2.05) is 42.5 Å². The lowest BCUT2D eigenvalue weighted by Crippen LogP contribution is -2.27. The Hall–Kier alpha value is -2.51. The lowest BCUT2D eigenvalue weighted by Gasteiger charge is -2.22. The molecule has 152 valence electrons. The van der Waals surface area contributed by atoms with Crippen molar-refractivity contribution in [3.63, 3.8) is 0 Å². The van der Waals surface area contributed by atoms with Gasteiger partial charge >= 0.3 is 0 Å².